The molecule has 0 spiro atoms. The third-order valence-electron chi connectivity index (χ3n) is 2.54. The Bertz CT molecular complexity index is 561. The molecule has 9 heteroatoms. The Kier molecular flexibility index (Phi) is 6.61. The van der Waals surface area contributed by atoms with Crippen molar-refractivity contribution in [3.8, 4) is 11.5 Å². The van der Waals surface area contributed by atoms with Crippen LogP contribution in [0.3, 0.4) is 0 Å². The standard InChI is InChI=1S/C13H17N3O6/c1-3-14-12(17)7-15-13(18)8-22-11-5-4-9(21-2)6-10(11)16(19)20/h4-6H,3,7-8H2,1-2H3,(H,14,17)(H,15,18). The number of carbonyl (C=O) groups is 2. The zero-order valence-electron chi connectivity index (χ0n) is 12.3. The normalized spacial score (nSPS) is 9.73. The fourth-order valence-corrected chi connectivity index (χ4v) is 1.52. The van der Waals surface area contributed by atoms with Gasteiger partial charge in [0.25, 0.3) is 5.91 Å². The molecular weight excluding hydrogens is 294 g/mol. The lowest BCUT2D eigenvalue weighted by molar-refractivity contribution is -0.385. The van der Waals surface area contributed by atoms with Crippen LogP contribution in [0.2, 0.25) is 0 Å². The summed E-state index contributed by atoms with van der Waals surface area (Å²) in [6, 6.07) is 4.02. The first-order chi connectivity index (χ1) is 10.5. The van der Waals surface area contributed by atoms with Gasteiger partial charge in [0.2, 0.25) is 5.91 Å². The molecule has 0 atom stereocenters. The first-order valence-electron chi connectivity index (χ1n) is 6.46. The smallest absolute Gasteiger partial charge is 0.314 e. The highest BCUT2D eigenvalue weighted by Gasteiger charge is 2.17. The number of nitrogens with one attached hydrogen (secondary N) is 2. The molecule has 0 aromatic heterocycles. The van der Waals surface area contributed by atoms with Gasteiger partial charge in [0.15, 0.2) is 12.4 Å². The van der Waals surface area contributed by atoms with Crippen LogP contribution in [0.5, 0.6) is 11.5 Å². The van der Waals surface area contributed by atoms with Gasteiger partial charge in [0, 0.05) is 6.54 Å². The molecular formula is C13H17N3O6. The van der Waals surface area contributed by atoms with Gasteiger partial charge in [-0.15, -0.1) is 0 Å². The first-order valence-corrected chi connectivity index (χ1v) is 6.46. The van der Waals surface area contributed by atoms with Crippen LogP contribution >= 0.6 is 0 Å². The fourth-order valence-electron chi connectivity index (χ4n) is 1.52. The summed E-state index contributed by atoms with van der Waals surface area (Å²) in [5.41, 5.74) is -0.309. The fraction of sp³-hybridized carbons (Fsp3) is 0.385. The van der Waals surface area contributed by atoms with Gasteiger partial charge in [0.05, 0.1) is 24.6 Å². The molecule has 0 unspecified atom stereocenters. The molecule has 0 heterocycles. The number of methoxy groups -OCH3 is 1. The quantitative estimate of drug-likeness (QED) is 0.524. The van der Waals surface area contributed by atoms with Gasteiger partial charge in [-0.2, -0.15) is 0 Å². The van der Waals surface area contributed by atoms with Gasteiger partial charge < -0.3 is 20.1 Å². The molecule has 1 rings (SSSR count). The summed E-state index contributed by atoms with van der Waals surface area (Å²) in [5, 5.41) is 15.8. The SMILES string of the molecule is CCNC(=O)CNC(=O)COc1ccc(OC)cc1[N+](=O)[O-]. The summed E-state index contributed by atoms with van der Waals surface area (Å²) in [7, 11) is 1.38. The number of nitrogens with zero attached hydrogens (tertiary/aromatic N) is 1. The van der Waals surface area contributed by atoms with Crippen LogP contribution in [0.15, 0.2) is 18.2 Å². The van der Waals surface area contributed by atoms with Crippen molar-refractivity contribution in [3.63, 3.8) is 0 Å². The molecule has 9 nitrogen and oxygen atoms in total. The molecule has 1 aromatic carbocycles. The summed E-state index contributed by atoms with van der Waals surface area (Å²) in [6.07, 6.45) is 0. The Labute approximate surface area is 126 Å². The van der Waals surface area contributed by atoms with E-state index in [-0.39, 0.29) is 23.9 Å². The van der Waals surface area contributed by atoms with Crippen molar-refractivity contribution in [2.24, 2.45) is 0 Å². The maximum Gasteiger partial charge on any atom is 0.314 e. The number of amides is 2. The maximum absolute atomic E-state index is 11.5. The molecule has 0 radical (unpaired) electrons. The van der Waals surface area contributed by atoms with Crippen LogP contribution in [0.1, 0.15) is 6.92 Å². The summed E-state index contributed by atoms with van der Waals surface area (Å²) in [6.45, 7) is 1.60. The van der Waals surface area contributed by atoms with Crippen LogP contribution in [-0.4, -0.2) is 43.5 Å². The number of carbonyl (C=O) groups excluding carboxylic acids is 2. The van der Waals surface area contributed by atoms with Crippen LogP contribution < -0.4 is 20.1 Å². The Morgan fingerprint density at radius 3 is 2.59 bits per heavy atom. The van der Waals surface area contributed by atoms with Gasteiger partial charge in [-0.05, 0) is 19.1 Å². The number of ether oxygens (including phenoxy) is 2. The zero-order valence-corrected chi connectivity index (χ0v) is 12.3. The second-order valence-corrected chi connectivity index (χ2v) is 4.11. The third-order valence-corrected chi connectivity index (χ3v) is 2.54. The average Bonchev–Trinajstić information content (AvgIpc) is 2.50. The lowest BCUT2D eigenvalue weighted by Crippen LogP contribution is -2.38. The summed E-state index contributed by atoms with van der Waals surface area (Å²) in [4.78, 5) is 33.0. The monoisotopic (exact) mass is 311 g/mol. The molecule has 0 aliphatic heterocycles. The maximum atomic E-state index is 11.5. The summed E-state index contributed by atoms with van der Waals surface area (Å²) in [5.74, 6) is -0.638. The van der Waals surface area contributed by atoms with Crippen LogP contribution in [0.25, 0.3) is 0 Å². The third kappa shape index (κ3) is 5.27. The topological polar surface area (TPSA) is 120 Å². The number of hydrogen-bond donors (Lipinski definition) is 2. The second kappa shape index (κ2) is 8.45. The molecule has 1 aromatic rings. The largest absolute Gasteiger partial charge is 0.496 e. The van der Waals surface area contributed by atoms with Gasteiger partial charge in [-0.3, -0.25) is 19.7 Å². The first kappa shape index (κ1) is 17.2. The minimum absolute atomic E-state index is 0.0565. The van der Waals surface area contributed by atoms with Crippen molar-refractivity contribution in [2.45, 2.75) is 6.92 Å². The van der Waals surface area contributed by atoms with Crippen molar-refractivity contribution in [3.05, 3.63) is 28.3 Å². The number of nitro benzene ring substituents is 1. The summed E-state index contributed by atoms with van der Waals surface area (Å²) < 4.78 is 10.0. The van der Waals surface area contributed by atoms with E-state index < -0.39 is 17.4 Å². The van der Waals surface area contributed by atoms with Crippen molar-refractivity contribution >= 4 is 17.5 Å². The van der Waals surface area contributed by atoms with E-state index in [2.05, 4.69) is 10.6 Å². The van der Waals surface area contributed by atoms with Crippen molar-refractivity contribution in [1.29, 1.82) is 0 Å². The number of benzene rings is 1. The highest BCUT2D eigenvalue weighted by molar-refractivity contribution is 5.85. The zero-order chi connectivity index (χ0) is 16.5. The lowest BCUT2D eigenvalue weighted by Gasteiger charge is -2.08. The van der Waals surface area contributed by atoms with Gasteiger partial charge >= 0.3 is 5.69 Å². The van der Waals surface area contributed by atoms with E-state index >= 15 is 0 Å². The molecule has 0 saturated heterocycles. The molecule has 2 N–H and O–H groups in total. The van der Waals surface area contributed by atoms with E-state index in [9.17, 15) is 19.7 Å². The number of nitro groups is 1. The molecule has 22 heavy (non-hydrogen) atoms. The predicted molar refractivity (Wildman–Crippen MR) is 76.8 cm³/mol. The molecule has 0 fully saturated rings. The Hall–Kier alpha value is -2.84. The highest BCUT2D eigenvalue weighted by Crippen LogP contribution is 2.30. The molecule has 0 aliphatic carbocycles. The van der Waals surface area contributed by atoms with Gasteiger partial charge in [-0.1, -0.05) is 0 Å². The highest BCUT2D eigenvalue weighted by atomic mass is 16.6. The van der Waals surface area contributed by atoms with E-state index in [4.69, 9.17) is 9.47 Å². The van der Waals surface area contributed by atoms with E-state index in [1.807, 2.05) is 0 Å². The van der Waals surface area contributed by atoms with E-state index in [0.29, 0.717) is 12.3 Å². The van der Waals surface area contributed by atoms with E-state index in [0.717, 1.165) is 0 Å². The number of likely N-dealkylation sites (N-methyl/N-ethyl adjacent to an activating group) is 1. The minimum Gasteiger partial charge on any atom is -0.496 e. The van der Waals surface area contributed by atoms with Crippen molar-refractivity contribution < 1.29 is 24.0 Å². The van der Waals surface area contributed by atoms with Crippen molar-refractivity contribution in [2.75, 3.05) is 26.8 Å². The number of rotatable bonds is 8. The van der Waals surface area contributed by atoms with Crippen LogP contribution in [0, 0.1) is 10.1 Å². The number of hydrogen-bond acceptors (Lipinski definition) is 6. The minimum atomic E-state index is -0.634. The molecule has 0 aliphatic rings. The molecule has 0 bridgehead atoms. The van der Waals surface area contributed by atoms with Crippen LogP contribution in [0.4, 0.5) is 5.69 Å². The second-order valence-electron chi connectivity index (χ2n) is 4.11. The van der Waals surface area contributed by atoms with E-state index in [1.54, 1.807) is 6.92 Å². The summed E-state index contributed by atoms with van der Waals surface area (Å²) >= 11 is 0. The molecule has 120 valence electrons. The Balaban J connectivity index is 2.58. The molecule has 0 saturated carbocycles. The Morgan fingerprint density at radius 1 is 1.27 bits per heavy atom. The lowest BCUT2D eigenvalue weighted by atomic mass is 10.3. The van der Waals surface area contributed by atoms with Gasteiger partial charge in [-0.25, -0.2) is 0 Å². The van der Waals surface area contributed by atoms with E-state index in [1.165, 1.54) is 25.3 Å². The van der Waals surface area contributed by atoms with Crippen molar-refractivity contribution in [1.82, 2.24) is 10.6 Å². The predicted octanol–water partition coefficient (Wildman–Crippen LogP) is 0.234. The van der Waals surface area contributed by atoms with Gasteiger partial charge in [0.1, 0.15) is 5.75 Å². The Morgan fingerprint density at radius 2 is 2.00 bits per heavy atom. The van der Waals surface area contributed by atoms with Crippen LogP contribution in [-0.2, 0) is 9.59 Å². The average molecular weight is 311 g/mol. The molecule has 2 amide bonds.